The van der Waals surface area contributed by atoms with Crippen LogP contribution in [0, 0.1) is 2.88 Å². The van der Waals surface area contributed by atoms with E-state index in [2.05, 4.69) is 33.6 Å². The van der Waals surface area contributed by atoms with Gasteiger partial charge in [0, 0.05) is 24.7 Å². The van der Waals surface area contributed by atoms with Crippen LogP contribution in [0.3, 0.4) is 0 Å². The fourth-order valence-corrected chi connectivity index (χ4v) is 3.39. The number of thiazole rings is 1. The number of fused-ring (bicyclic) bond motifs is 1. The number of aromatic nitrogens is 1. The quantitative estimate of drug-likeness (QED) is 0.736. The molecule has 0 unspecified atom stereocenters. The van der Waals surface area contributed by atoms with Crippen molar-refractivity contribution < 1.29 is 4.79 Å². The van der Waals surface area contributed by atoms with Crippen LogP contribution >= 0.6 is 33.9 Å². The van der Waals surface area contributed by atoms with E-state index in [-0.39, 0.29) is 5.91 Å². The molecule has 86 valence electrons. The van der Waals surface area contributed by atoms with Crippen LogP contribution in [0.4, 0.5) is 0 Å². The number of carbonyl (C=O) groups is 1. The first-order valence-electron chi connectivity index (χ1n) is 5.15. The lowest BCUT2D eigenvalue weighted by Crippen LogP contribution is -2.17. The molecule has 0 saturated carbocycles. The Morgan fingerprint density at radius 1 is 1.47 bits per heavy atom. The average Bonchev–Trinajstić information content (AvgIpc) is 2.85. The largest absolute Gasteiger partial charge is 0.337 e. The third-order valence-electron chi connectivity index (χ3n) is 2.81. The van der Waals surface area contributed by atoms with E-state index < -0.39 is 0 Å². The molecule has 1 aromatic heterocycles. The van der Waals surface area contributed by atoms with Crippen molar-refractivity contribution in [2.45, 2.75) is 6.54 Å². The molecule has 0 spiro atoms. The van der Waals surface area contributed by atoms with Crippen LogP contribution in [0.5, 0.6) is 0 Å². The molecule has 3 nitrogen and oxygen atoms in total. The molecule has 1 aliphatic rings. The number of hydrogen-bond donors (Lipinski definition) is 0. The van der Waals surface area contributed by atoms with E-state index in [0.29, 0.717) is 6.54 Å². The van der Waals surface area contributed by atoms with E-state index in [1.807, 2.05) is 25.4 Å². The van der Waals surface area contributed by atoms with Gasteiger partial charge in [-0.2, -0.15) is 0 Å². The van der Waals surface area contributed by atoms with Gasteiger partial charge in [0.05, 0.1) is 9.08 Å². The predicted octanol–water partition coefficient (Wildman–Crippen LogP) is 3.00. The Bertz CT molecular complexity index is 608. The van der Waals surface area contributed by atoms with Gasteiger partial charge in [-0.3, -0.25) is 4.79 Å². The maximum atomic E-state index is 11.8. The molecule has 2 aromatic rings. The van der Waals surface area contributed by atoms with Crippen LogP contribution in [0.2, 0.25) is 0 Å². The minimum Gasteiger partial charge on any atom is -0.337 e. The van der Waals surface area contributed by atoms with Crippen molar-refractivity contribution in [2.24, 2.45) is 0 Å². The molecule has 0 radical (unpaired) electrons. The molecule has 2 heterocycles. The second-order valence-electron chi connectivity index (χ2n) is 4.00. The number of nitrogens with zero attached hydrogens (tertiary/aromatic N) is 2. The zero-order valence-electron chi connectivity index (χ0n) is 9.11. The maximum absolute atomic E-state index is 11.8. The summed E-state index contributed by atoms with van der Waals surface area (Å²) in [6, 6.07) is 5.96. The van der Waals surface area contributed by atoms with Gasteiger partial charge in [0.25, 0.3) is 5.91 Å². The first-order chi connectivity index (χ1) is 8.15. The summed E-state index contributed by atoms with van der Waals surface area (Å²) in [4.78, 5) is 17.9. The lowest BCUT2D eigenvalue weighted by atomic mass is 10.1. The third-order valence-corrected chi connectivity index (χ3v) is 4.59. The van der Waals surface area contributed by atoms with Gasteiger partial charge in [0.15, 0.2) is 0 Å². The van der Waals surface area contributed by atoms with E-state index in [4.69, 9.17) is 0 Å². The van der Waals surface area contributed by atoms with Gasteiger partial charge in [-0.1, -0.05) is 6.07 Å². The van der Waals surface area contributed by atoms with Crippen LogP contribution < -0.4 is 0 Å². The lowest BCUT2D eigenvalue weighted by molar-refractivity contribution is 0.0816. The minimum absolute atomic E-state index is 0.111. The summed E-state index contributed by atoms with van der Waals surface area (Å²) in [6.07, 6.45) is 1.87. The normalized spacial score (nSPS) is 14.2. The molecule has 0 atom stereocenters. The van der Waals surface area contributed by atoms with Crippen molar-refractivity contribution in [2.75, 3.05) is 7.05 Å². The fraction of sp³-hybridized carbons (Fsp3) is 0.167. The highest BCUT2D eigenvalue weighted by molar-refractivity contribution is 14.1. The number of rotatable bonds is 1. The van der Waals surface area contributed by atoms with Crippen LogP contribution in [-0.4, -0.2) is 22.8 Å². The Morgan fingerprint density at radius 2 is 2.29 bits per heavy atom. The van der Waals surface area contributed by atoms with Crippen molar-refractivity contribution in [3.05, 3.63) is 38.4 Å². The van der Waals surface area contributed by atoms with Crippen LogP contribution in [-0.2, 0) is 6.54 Å². The highest BCUT2D eigenvalue weighted by Crippen LogP contribution is 2.30. The van der Waals surface area contributed by atoms with Gasteiger partial charge in [-0.25, -0.2) is 4.98 Å². The van der Waals surface area contributed by atoms with E-state index in [0.717, 1.165) is 21.7 Å². The number of benzene rings is 1. The van der Waals surface area contributed by atoms with E-state index in [1.54, 1.807) is 16.2 Å². The third kappa shape index (κ3) is 1.87. The Morgan fingerprint density at radius 3 is 3.00 bits per heavy atom. The summed E-state index contributed by atoms with van der Waals surface area (Å²) in [5, 5.41) is 1.01. The molecule has 3 rings (SSSR count). The minimum atomic E-state index is 0.111. The Hall–Kier alpha value is -0.950. The summed E-state index contributed by atoms with van der Waals surface area (Å²) in [6.45, 7) is 0.699. The zero-order valence-corrected chi connectivity index (χ0v) is 12.1. The van der Waals surface area contributed by atoms with Crippen molar-refractivity contribution >= 4 is 39.8 Å². The average molecular weight is 356 g/mol. The molecule has 0 saturated heterocycles. The number of halogens is 1. The van der Waals surface area contributed by atoms with Gasteiger partial charge < -0.3 is 4.90 Å². The number of hydrogen-bond acceptors (Lipinski definition) is 3. The molecule has 0 fully saturated rings. The highest BCUT2D eigenvalue weighted by atomic mass is 127. The predicted molar refractivity (Wildman–Crippen MR) is 76.1 cm³/mol. The zero-order chi connectivity index (χ0) is 12.0. The molecule has 0 bridgehead atoms. The summed E-state index contributed by atoms with van der Waals surface area (Å²) < 4.78 is 1.17. The lowest BCUT2D eigenvalue weighted by Gasteiger charge is -2.04. The second kappa shape index (κ2) is 4.06. The van der Waals surface area contributed by atoms with Gasteiger partial charge in [-0.05, 0) is 40.3 Å². The molecule has 1 aliphatic heterocycles. The summed E-state index contributed by atoms with van der Waals surface area (Å²) in [5.41, 5.74) is 3.02. The molecular formula is C12H9IN2OS. The van der Waals surface area contributed by atoms with Gasteiger partial charge in [-0.15, -0.1) is 11.3 Å². The summed E-state index contributed by atoms with van der Waals surface area (Å²) in [7, 11) is 1.83. The monoisotopic (exact) mass is 356 g/mol. The van der Waals surface area contributed by atoms with Crippen molar-refractivity contribution in [3.63, 3.8) is 0 Å². The van der Waals surface area contributed by atoms with Gasteiger partial charge in [0.2, 0.25) is 0 Å². The Kier molecular flexibility index (Phi) is 2.67. The first-order valence-corrected chi connectivity index (χ1v) is 7.05. The smallest absolute Gasteiger partial charge is 0.254 e. The standard InChI is InChI=1S/C12H9IN2OS/c1-15-6-8-4-7(2-3-9(8)12(15)16)11-14-5-10(13)17-11/h2-5H,6H2,1H3. The van der Waals surface area contributed by atoms with Gasteiger partial charge >= 0.3 is 0 Å². The highest BCUT2D eigenvalue weighted by Gasteiger charge is 2.24. The van der Waals surface area contributed by atoms with Crippen molar-refractivity contribution in [3.8, 4) is 10.6 Å². The van der Waals surface area contributed by atoms with Crippen LogP contribution in [0.15, 0.2) is 24.4 Å². The molecule has 17 heavy (non-hydrogen) atoms. The fourth-order valence-electron chi connectivity index (χ4n) is 1.99. The summed E-state index contributed by atoms with van der Waals surface area (Å²) >= 11 is 3.93. The Balaban J connectivity index is 2.06. The van der Waals surface area contributed by atoms with Crippen LogP contribution in [0.1, 0.15) is 15.9 Å². The number of amides is 1. The SMILES string of the molecule is CN1Cc2cc(-c3ncc(I)s3)ccc2C1=O. The van der Waals surface area contributed by atoms with Gasteiger partial charge in [0.1, 0.15) is 5.01 Å². The molecular weight excluding hydrogens is 347 g/mol. The van der Waals surface area contributed by atoms with Crippen molar-refractivity contribution in [1.29, 1.82) is 0 Å². The first kappa shape index (κ1) is 11.2. The van der Waals surface area contributed by atoms with Crippen molar-refractivity contribution in [1.82, 2.24) is 9.88 Å². The van der Waals surface area contributed by atoms with E-state index >= 15 is 0 Å². The van der Waals surface area contributed by atoms with E-state index in [1.165, 1.54) is 2.88 Å². The van der Waals surface area contributed by atoms with Crippen LogP contribution in [0.25, 0.3) is 10.6 Å². The van der Waals surface area contributed by atoms with E-state index in [9.17, 15) is 4.79 Å². The molecule has 1 aromatic carbocycles. The Labute approximate surface area is 117 Å². The molecule has 0 N–H and O–H groups in total. The topological polar surface area (TPSA) is 33.2 Å². The number of carbonyl (C=O) groups excluding carboxylic acids is 1. The maximum Gasteiger partial charge on any atom is 0.254 e. The summed E-state index contributed by atoms with van der Waals surface area (Å²) in [5.74, 6) is 0.111. The molecule has 5 heteroatoms. The second-order valence-corrected chi connectivity index (χ2v) is 6.93. The molecule has 1 amide bonds. The molecule has 0 aliphatic carbocycles.